The lowest BCUT2D eigenvalue weighted by atomic mass is 10.1. The fourth-order valence-corrected chi connectivity index (χ4v) is 1.84. The van der Waals surface area contributed by atoms with Crippen molar-refractivity contribution in [1.29, 1.82) is 0 Å². The highest BCUT2D eigenvalue weighted by Gasteiger charge is 2.16. The Bertz CT molecular complexity index is 623. The Morgan fingerprint density at radius 1 is 1.14 bits per heavy atom. The van der Waals surface area contributed by atoms with Crippen molar-refractivity contribution in [2.24, 2.45) is 0 Å². The fraction of sp³-hybridized carbons (Fsp3) is 0.286. The molecule has 0 fully saturated rings. The van der Waals surface area contributed by atoms with Crippen LogP contribution >= 0.6 is 11.6 Å². The van der Waals surface area contributed by atoms with Crippen LogP contribution in [0.15, 0.2) is 18.3 Å². The molecule has 0 radical (unpaired) electrons. The zero-order chi connectivity index (χ0) is 16.0. The van der Waals surface area contributed by atoms with Crippen LogP contribution in [0.1, 0.15) is 13.8 Å². The van der Waals surface area contributed by atoms with Gasteiger partial charge in [0.15, 0.2) is 11.5 Å². The summed E-state index contributed by atoms with van der Waals surface area (Å²) in [6.45, 7) is 4.00. The summed E-state index contributed by atoms with van der Waals surface area (Å²) in [6, 6.07) is 3.04. The third kappa shape index (κ3) is 3.72. The molecule has 1 aromatic carbocycles. The lowest BCUT2D eigenvalue weighted by Gasteiger charge is -2.11. The molecule has 0 aliphatic rings. The summed E-state index contributed by atoms with van der Waals surface area (Å²) in [5, 5.41) is 0.261. The standard InChI is InChI=1S/C12H11ClFN3O2.C2H6/c1-18-8-3-6(7(13)4-9(8)19-2)11-12(14)16-5-10(15)17-11;1-2/h3-5H,1-2H3,(H2,15,17);1-2H3. The van der Waals surface area contributed by atoms with Gasteiger partial charge >= 0.3 is 0 Å². The Labute approximate surface area is 127 Å². The van der Waals surface area contributed by atoms with Crippen LogP contribution in [-0.4, -0.2) is 24.2 Å². The van der Waals surface area contributed by atoms with Gasteiger partial charge in [-0.3, -0.25) is 0 Å². The summed E-state index contributed by atoms with van der Waals surface area (Å²) in [5.41, 5.74) is 5.80. The van der Waals surface area contributed by atoms with Gasteiger partial charge in [-0.05, 0) is 6.07 Å². The van der Waals surface area contributed by atoms with Crippen molar-refractivity contribution in [2.45, 2.75) is 13.8 Å². The van der Waals surface area contributed by atoms with E-state index in [4.69, 9.17) is 26.8 Å². The highest BCUT2D eigenvalue weighted by Crippen LogP contribution is 2.38. The maximum absolute atomic E-state index is 13.7. The second-order valence-corrected chi connectivity index (χ2v) is 4.03. The number of nitrogens with two attached hydrogens (primary N) is 1. The number of aromatic nitrogens is 2. The van der Waals surface area contributed by atoms with Gasteiger partial charge in [-0.2, -0.15) is 4.39 Å². The smallest absolute Gasteiger partial charge is 0.239 e. The van der Waals surface area contributed by atoms with E-state index in [1.54, 1.807) is 0 Å². The number of hydrogen-bond acceptors (Lipinski definition) is 5. The predicted molar refractivity (Wildman–Crippen MR) is 81.3 cm³/mol. The molecule has 2 aromatic rings. The van der Waals surface area contributed by atoms with E-state index in [1.807, 2.05) is 13.8 Å². The first-order chi connectivity index (χ1) is 10.1. The van der Waals surface area contributed by atoms with Crippen LogP contribution in [0.3, 0.4) is 0 Å². The Morgan fingerprint density at radius 3 is 2.29 bits per heavy atom. The van der Waals surface area contributed by atoms with Gasteiger partial charge in [0.25, 0.3) is 0 Å². The summed E-state index contributed by atoms with van der Waals surface area (Å²) < 4.78 is 23.9. The quantitative estimate of drug-likeness (QED) is 0.938. The van der Waals surface area contributed by atoms with Gasteiger partial charge in [-0.15, -0.1) is 0 Å². The van der Waals surface area contributed by atoms with Crippen LogP contribution in [-0.2, 0) is 0 Å². The van der Waals surface area contributed by atoms with Crippen molar-refractivity contribution >= 4 is 17.4 Å². The van der Waals surface area contributed by atoms with E-state index in [0.29, 0.717) is 17.1 Å². The van der Waals surface area contributed by atoms with E-state index >= 15 is 0 Å². The summed E-state index contributed by atoms with van der Waals surface area (Å²) in [6.07, 6.45) is 1.13. The van der Waals surface area contributed by atoms with Gasteiger partial charge in [0.05, 0.1) is 25.4 Å². The highest BCUT2D eigenvalue weighted by molar-refractivity contribution is 6.33. The van der Waals surface area contributed by atoms with Crippen LogP contribution in [0.5, 0.6) is 11.5 Å². The number of rotatable bonds is 3. The minimum atomic E-state index is -0.761. The monoisotopic (exact) mass is 313 g/mol. The number of hydrogen-bond donors (Lipinski definition) is 1. The van der Waals surface area contributed by atoms with Gasteiger partial charge in [0.1, 0.15) is 11.5 Å². The second-order valence-electron chi connectivity index (χ2n) is 3.62. The first kappa shape index (κ1) is 17.0. The first-order valence-electron chi connectivity index (χ1n) is 6.26. The molecule has 0 bridgehead atoms. The molecule has 0 aliphatic heterocycles. The summed E-state index contributed by atoms with van der Waals surface area (Å²) in [5.74, 6) is 0.185. The second kappa shape index (κ2) is 7.64. The molecule has 0 saturated carbocycles. The number of benzene rings is 1. The van der Waals surface area contributed by atoms with Crippen molar-refractivity contribution in [2.75, 3.05) is 20.0 Å². The molecule has 0 atom stereocenters. The Hall–Kier alpha value is -2.08. The lowest BCUT2D eigenvalue weighted by molar-refractivity contribution is 0.355. The number of nitrogens with zero attached hydrogens (tertiary/aromatic N) is 2. The Morgan fingerprint density at radius 2 is 1.71 bits per heavy atom. The molecule has 5 nitrogen and oxygen atoms in total. The van der Waals surface area contributed by atoms with Crippen LogP contribution in [0.2, 0.25) is 5.02 Å². The number of nitrogen functional groups attached to an aromatic ring is 1. The third-order valence-electron chi connectivity index (χ3n) is 2.47. The fourth-order valence-electron chi connectivity index (χ4n) is 1.60. The van der Waals surface area contributed by atoms with E-state index in [9.17, 15) is 4.39 Å². The third-order valence-corrected chi connectivity index (χ3v) is 2.79. The predicted octanol–water partition coefficient (Wildman–Crippen LogP) is 3.56. The molecule has 114 valence electrons. The van der Waals surface area contributed by atoms with Crippen molar-refractivity contribution < 1.29 is 13.9 Å². The summed E-state index contributed by atoms with van der Waals surface area (Å²) in [4.78, 5) is 7.40. The van der Waals surface area contributed by atoms with Crippen molar-refractivity contribution in [3.63, 3.8) is 0 Å². The zero-order valence-electron chi connectivity index (χ0n) is 12.3. The van der Waals surface area contributed by atoms with Crippen LogP contribution in [0, 0.1) is 5.95 Å². The molecule has 0 amide bonds. The SMILES string of the molecule is CC.COc1cc(Cl)c(-c2nc(N)cnc2F)cc1OC. The molecular weight excluding hydrogens is 297 g/mol. The van der Waals surface area contributed by atoms with Crippen molar-refractivity contribution in [1.82, 2.24) is 9.97 Å². The van der Waals surface area contributed by atoms with Crippen LogP contribution in [0.4, 0.5) is 10.2 Å². The van der Waals surface area contributed by atoms with E-state index in [-0.39, 0.29) is 16.5 Å². The summed E-state index contributed by atoms with van der Waals surface area (Å²) in [7, 11) is 2.95. The highest BCUT2D eigenvalue weighted by atomic mass is 35.5. The van der Waals surface area contributed by atoms with Gasteiger partial charge in [-0.25, -0.2) is 9.97 Å². The molecule has 0 saturated heterocycles. The molecule has 21 heavy (non-hydrogen) atoms. The van der Waals surface area contributed by atoms with Crippen molar-refractivity contribution in [3.05, 3.63) is 29.3 Å². The van der Waals surface area contributed by atoms with Crippen molar-refractivity contribution in [3.8, 4) is 22.8 Å². The number of methoxy groups -OCH3 is 2. The maximum Gasteiger partial charge on any atom is 0.239 e. The average molecular weight is 314 g/mol. The Kier molecular flexibility index (Phi) is 6.17. The van der Waals surface area contributed by atoms with E-state index in [2.05, 4.69) is 9.97 Å². The maximum atomic E-state index is 13.7. The molecule has 0 unspecified atom stereocenters. The molecule has 7 heteroatoms. The molecular formula is C14H17ClFN3O2. The topological polar surface area (TPSA) is 70.3 Å². The number of ether oxygens (including phenoxy) is 2. The van der Waals surface area contributed by atoms with E-state index in [1.165, 1.54) is 26.4 Å². The minimum absolute atomic E-state index is 0.0362. The lowest BCUT2D eigenvalue weighted by Crippen LogP contribution is -2.00. The Balaban J connectivity index is 0.00000106. The van der Waals surface area contributed by atoms with E-state index in [0.717, 1.165) is 6.20 Å². The van der Waals surface area contributed by atoms with Gasteiger partial charge in [-0.1, -0.05) is 25.4 Å². The molecule has 1 heterocycles. The first-order valence-corrected chi connectivity index (χ1v) is 6.64. The number of halogens is 2. The van der Waals surface area contributed by atoms with E-state index < -0.39 is 5.95 Å². The van der Waals surface area contributed by atoms with Gasteiger partial charge in [0.2, 0.25) is 5.95 Å². The molecule has 2 N–H and O–H groups in total. The molecule has 2 rings (SSSR count). The number of anilines is 1. The summed E-state index contributed by atoms with van der Waals surface area (Å²) >= 11 is 6.09. The molecule has 0 aliphatic carbocycles. The average Bonchev–Trinajstić information content (AvgIpc) is 2.51. The molecule has 1 aromatic heterocycles. The zero-order valence-corrected chi connectivity index (χ0v) is 13.0. The molecule has 0 spiro atoms. The van der Waals surface area contributed by atoms with Crippen LogP contribution in [0.25, 0.3) is 11.3 Å². The van der Waals surface area contributed by atoms with Gasteiger partial charge < -0.3 is 15.2 Å². The normalized spacial score (nSPS) is 9.62. The minimum Gasteiger partial charge on any atom is -0.493 e. The van der Waals surface area contributed by atoms with Crippen LogP contribution < -0.4 is 15.2 Å². The van der Waals surface area contributed by atoms with Gasteiger partial charge in [0, 0.05) is 11.6 Å². The largest absolute Gasteiger partial charge is 0.493 e.